The van der Waals surface area contributed by atoms with Gasteiger partial charge in [-0.3, -0.25) is 14.6 Å². The van der Waals surface area contributed by atoms with E-state index in [1.165, 1.54) is 0 Å². The highest BCUT2D eigenvalue weighted by atomic mass is 16.5. The number of allylic oxidation sites excluding steroid dienone is 2. The molecule has 0 saturated heterocycles. The normalized spacial score (nSPS) is 20.1. The molecule has 29 heavy (non-hydrogen) atoms. The van der Waals surface area contributed by atoms with Crippen LogP contribution in [-0.4, -0.2) is 27.5 Å². The lowest BCUT2D eigenvalue weighted by molar-refractivity contribution is -0.115. The molecule has 1 aromatic heterocycles. The minimum atomic E-state index is -0.0705. The molecule has 1 saturated carbocycles. The number of fused-ring (bicyclic) bond motifs is 1. The molecule has 2 aliphatic rings. The van der Waals surface area contributed by atoms with Crippen LogP contribution in [0, 0.1) is 0 Å². The smallest absolute Gasteiger partial charge is 0.168 e. The second-order valence-electron chi connectivity index (χ2n) is 7.55. The lowest BCUT2D eigenvalue weighted by Gasteiger charge is -2.18. The van der Waals surface area contributed by atoms with Gasteiger partial charge in [-0.1, -0.05) is 35.5 Å². The predicted octanol–water partition coefficient (Wildman–Crippen LogP) is 4.33. The summed E-state index contributed by atoms with van der Waals surface area (Å²) >= 11 is 0. The fraction of sp³-hybridized carbons (Fsp3) is 0.391. The first kappa shape index (κ1) is 19.3. The third-order valence-electron chi connectivity index (χ3n) is 5.49. The van der Waals surface area contributed by atoms with E-state index in [0.717, 1.165) is 24.8 Å². The molecule has 1 fully saturated rings. The Morgan fingerprint density at radius 3 is 2.62 bits per heavy atom. The van der Waals surface area contributed by atoms with Crippen molar-refractivity contribution in [3.05, 3.63) is 64.2 Å². The number of carbonyl (C=O) groups is 2. The monoisotopic (exact) mass is 392 g/mol. The molecule has 0 radical (unpaired) electrons. The van der Waals surface area contributed by atoms with Crippen LogP contribution in [0.3, 0.4) is 0 Å². The molecule has 1 N–H and O–H groups in total. The number of rotatable bonds is 5. The Morgan fingerprint density at radius 1 is 1.03 bits per heavy atom. The van der Waals surface area contributed by atoms with Crippen molar-refractivity contribution < 1.29 is 19.2 Å². The topological polar surface area (TPSA) is 92.8 Å². The Hall–Kier alpha value is -3.02. The highest BCUT2D eigenvalue weighted by molar-refractivity contribution is 6.24. The summed E-state index contributed by atoms with van der Waals surface area (Å²) in [7, 11) is 0. The number of hydrogen-bond acceptors (Lipinski definition) is 6. The maximum atomic E-state index is 12.5. The summed E-state index contributed by atoms with van der Waals surface area (Å²) < 4.78 is 5.31. The van der Waals surface area contributed by atoms with Crippen molar-refractivity contribution in [2.24, 2.45) is 4.99 Å². The fourth-order valence-electron chi connectivity index (χ4n) is 4.00. The molecule has 150 valence electrons. The van der Waals surface area contributed by atoms with E-state index in [2.05, 4.69) is 10.1 Å². The summed E-state index contributed by atoms with van der Waals surface area (Å²) in [6.45, 7) is 0.478. The Bertz CT molecular complexity index is 986. The molecule has 1 heterocycles. The first-order valence-electron chi connectivity index (χ1n) is 10.2. The lowest BCUT2D eigenvalue weighted by Crippen LogP contribution is -2.22. The van der Waals surface area contributed by atoms with Gasteiger partial charge < -0.3 is 9.63 Å². The molecule has 0 amide bonds. The Kier molecular flexibility index (Phi) is 5.69. The Labute approximate surface area is 169 Å². The minimum absolute atomic E-state index is 0.0292. The standard InChI is InChI=1S/C23H24N2O4/c26-18-9-4-8-16(24-14-15-6-2-1-3-7-15)22(18)20(28)13-12-17-23-19(27)10-5-11-21(23)29-25-17/h1-3,6-7,28H,4-5,8-14H2. The van der Waals surface area contributed by atoms with Crippen molar-refractivity contribution >= 4 is 17.3 Å². The molecule has 2 aromatic rings. The fourth-order valence-corrected chi connectivity index (χ4v) is 4.00. The van der Waals surface area contributed by atoms with E-state index in [9.17, 15) is 14.7 Å². The zero-order valence-electron chi connectivity index (χ0n) is 16.3. The Morgan fingerprint density at radius 2 is 1.79 bits per heavy atom. The highest BCUT2D eigenvalue weighted by Gasteiger charge is 2.28. The van der Waals surface area contributed by atoms with Gasteiger partial charge in [0.15, 0.2) is 11.6 Å². The largest absolute Gasteiger partial charge is 0.511 e. The summed E-state index contributed by atoms with van der Waals surface area (Å²) in [5.74, 6) is 0.649. The van der Waals surface area contributed by atoms with Crippen LogP contribution in [-0.2, 0) is 24.2 Å². The molecule has 0 unspecified atom stereocenters. The van der Waals surface area contributed by atoms with E-state index in [0.29, 0.717) is 60.5 Å². The molecule has 6 heteroatoms. The first-order valence-corrected chi connectivity index (χ1v) is 10.2. The summed E-state index contributed by atoms with van der Waals surface area (Å²) in [5.41, 5.74) is 3.21. The maximum absolute atomic E-state index is 12.5. The number of benzene rings is 1. The van der Waals surface area contributed by atoms with Crippen LogP contribution in [0.15, 0.2) is 51.2 Å². The van der Waals surface area contributed by atoms with Crippen LogP contribution < -0.4 is 0 Å². The van der Waals surface area contributed by atoms with Gasteiger partial charge in [-0.15, -0.1) is 0 Å². The summed E-state index contributed by atoms with van der Waals surface area (Å²) in [6.07, 6.45) is 4.44. The molecule has 0 atom stereocenters. The van der Waals surface area contributed by atoms with Crippen LogP contribution in [0.25, 0.3) is 0 Å². The Balaban J connectivity index is 1.53. The number of carbonyl (C=O) groups excluding carboxylic acids is 2. The van der Waals surface area contributed by atoms with Gasteiger partial charge in [-0.05, 0) is 24.8 Å². The number of aliphatic hydroxyl groups excluding tert-OH is 1. The number of ketones is 2. The van der Waals surface area contributed by atoms with Gasteiger partial charge >= 0.3 is 0 Å². The number of aryl methyl sites for hydroxylation is 2. The zero-order valence-corrected chi connectivity index (χ0v) is 16.3. The van der Waals surface area contributed by atoms with Crippen molar-refractivity contribution in [1.82, 2.24) is 5.16 Å². The summed E-state index contributed by atoms with van der Waals surface area (Å²) in [6, 6.07) is 9.84. The quantitative estimate of drug-likeness (QED) is 0.604. The van der Waals surface area contributed by atoms with Gasteiger partial charge in [0.2, 0.25) is 0 Å². The van der Waals surface area contributed by atoms with Gasteiger partial charge in [-0.25, -0.2) is 0 Å². The molecule has 4 rings (SSSR count). The van der Waals surface area contributed by atoms with Crippen molar-refractivity contribution in [2.75, 3.05) is 0 Å². The third-order valence-corrected chi connectivity index (χ3v) is 5.49. The maximum Gasteiger partial charge on any atom is 0.168 e. The van der Waals surface area contributed by atoms with Crippen molar-refractivity contribution in [3.8, 4) is 0 Å². The lowest BCUT2D eigenvalue weighted by atomic mass is 9.88. The number of Topliss-reactive ketones (excluding diaryl/α,β-unsaturated/α-hetero) is 2. The number of aliphatic hydroxyl groups is 1. The van der Waals surface area contributed by atoms with Crippen LogP contribution in [0.4, 0.5) is 0 Å². The second-order valence-corrected chi connectivity index (χ2v) is 7.55. The number of aromatic nitrogens is 1. The van der Waals surface area contributed by atoms with E-state index >= 15 is 0 Å². The molecule has 6 nitrogen and oxygen atoms in total. The number of nitrogens with zero attached hydrogens (tertiary/aromatic N) is 2. The molecule has 2 aliphatic carbocycles. The van der Waals surface area contributed by atoms with E-state index < -0.39 is 0 Å². The summed E-state index contributed by atoms with van der Waals surface area (Å²) in [4.78, 5) is 29.3. The zero-order chi connectivity index (χ0) is 20.2. The summed E-state index contributed by atoms with van der Waals surface area (Å²) in [5, 5.41) is 14.8. The number of hydrogen-bond donors (Lipinski definition) is 1. The van der Waals surface area contributed by atoms with Gasteiger partial charge in [0, 0.05) is 37.8 Å². The molecule has 0 spiro atoms. The van der Waals surface area contributed by atoms with Gasteiger partial charge in [0.25, 0.3) is 0 Å². The minimum Gasteiger partial charge on any atom is -0.511 e. The highest BCUT2D eigenvalue weighted by Crippen LogP contribution is 2.27. The van der Waals surface area contributed by atoms with Crippen molar-refractivity contribution in [1.29, 1.82) is 0 Å². The van der Waals surface area contributed by atoms with E-state index in [1.807, 2.05) is 30.3 Å². The van der Waals surface area contributed by atoms with Gasteiger partial charge in [0.1, 0.15) is 11.5 Å². The average Bonchev–Trinajstić information content (AvgIpc) is 3.16. The van der Waals surface area contributed by atoms with E-state index in [4.69, 9.17) is 4.52 Å². The van der Waals surface area contributed by atoms with Gasteiger partial charge in [0.05, 0.1) is 23.4 Å². The van der Waals surface area contributed by atoms with Crippen LogP contribution in [0.1, 0.15) is 65.9 Å². The van der Waals surface area contributed by atoms with Crippen molar-refractivity contribution in [3.63, 3.8) is 0 Å². The number of aliphatic imine (C=N–C) groups is 1. The molecule has 0 bridgehead atoms. The van der Waals surface area contributed by atoms with Crippen LogP contribution in [0.5, 0.6) is 0 Å². The first-order chi connectivity index (χ1) is 14.1. The predicted molar refractivity (Wildman–Crippen MR) is 108 cm³/mol. The average molecular weight is 392 g/mol. The molecule has 1 aromatic carbocycles. The van der Waals surface area contributed by atoms with Crippen molar-refractivity contribution in [2.45, 2.75) is 57.9 Å². The van der Waals surface area contributed by atoms with Crippen LogP contribution >= 0.6 is 0 Å². The van der Waals surface area contributed by atoms with E-state index in [1.54, 1.807) is 0 Å². The molecular weight excluding hydrogens is 368 g/mol. The van der Waals surface area contributed by atoms with Crippen LogP contribution in [0.2, 0.25) is 0 Å². The SMILES string of the molecule is O=C1CCCC(=NCc2ccccc2)C1=C(O)CCc1noc2c1C(=O)CCC2. The second kappa shape index (κ2) is 8.55. The van der Waals surface area contributed by atoms with E-state index in [-0.39, 0.29) is 23.7 Å². The van der Waals surface area contributed by atoms with Gasteiger partial charge in [-0.2, -0.15) is 0 Å². The molecular formula is C23H24N2O4. The molecule has 0 aliphatic heterocycles. The third kappa shape index (κ3) is 4.21.